The van der Waals surface area contributed by atoms with E-state index < -0.39 is 0 Å². The second kappa shape index (κ2) is 3.56. The summed E-state index contributed by atoms with van der Waals surface area (Å²) in [5.74, 6) is 0. The van der Waals surface area contributed by atoms with Crippen LogP contribution in [0.25, 0.3) is 0 Å². The Kier molecular flexibility index (Phi) is 3.00. The molecule has 1 aliphatic rings. The molecule has 0 aromatic heterocycles. The molecule has 2 atom stereocenters. The molecule has 0 amide bonds. The fraction of sp³-hybridized carbons (Fsp3) is 1.00. The number of hydroxylamine groups is 1. The van der Waals surface area contributed by atoms with Gasteiger partial charge in [0.2, 0.25) is 0 Å². The van der Waals surface area contributed by atoms with Crippen molar-refractivity contribution >= 4 is 0 Å². The van der Waals surface area contributed by atoms with E-state index in [-0.39, 0.29) is 11.5 Å². The van der Waals surface area contributed by atoms with Crippen LogP contribution in [0.5, 0.6) is 0 Å². The fourth-order valence-corrected chi connectivity index (χ4v) is 3.04. The van der Waals surface area contributed by atoms with Crippen molar-refractivity contribution in [2.75, 3.05) is 6.54 Å². The Bertz CT molecular complexity index is 182. The Balaban J connectivity index is 2.66. The Morgan fingerprint density at radius 3 is 2.46 bits per heavy atom. The summed E-state index contributed by atoms with van der Waals surface area (Å²) in [6, 6.07) is 0.280. The largest absolute Gasteiger partial charge is 0.328 e. The highest BCUT2D eigenvalue weighted by molar-refractivity contribution is 4.93. The number of nitrogens with two attached hydrogens (primary N) is 1. The lowest BCUT2D eigenvalue weighted by atomic mass is 9.63. The summed E-state index contributed by atoms with van der Waals surface area (Å²) in [6.45, 7) is 7.34. The predicted octanol–water partition coefficient (Wildman–Crippen LogP) is 1.51. The molecule has 78 valence electrons. The lowest BCUT2D eigenvalue weighted by Gasteiger charge is -2.45. The van der Waals surface area contributed by atoms with Gasteiger partial charge in [0.05, 0.1) is 0 Å². The zero-order valence-corrected chi connectivity index (χ0v) is 8.93. The van der Waals surface area contributed by atoms with Crippen molar-refractivity contribution < 1.29 is 5.21 Å². The van der Waals surface area contributed by atoms with Crippen molar-refractivity contribution in [2.45, 2.75) is 46.1 Å². The highest BCUT2D eigenvalue weighted by Crippen LogP contribution is 2.44. The summed E-state index contributed by atoms with van der Waals surface area (Å²) in [6.07, 6.45) is 3.22. The van der Waals surface area contributed by atoms with Crippen LogP contribution in [-0.4, -0.2) is 17.8 Å². The Labute approximate surface area is 80.7 Å². The summed E-state index contributed by atoms with van der Waals surface area (Å²) < 4.78 is 0. The molecule has 3 heteroatoms. The van der Waals surface area contributed by atoms with Gasteiger partial charge in [-0.25, -0.2) is 5.48 Å². The number of rotatable bonds is 2. The molecule has 1 rings (SSSR count). The minimum absolute atomic E-state index is 0.149. The van der Waals surface area contributed by atoms with Gasteiger partial charge < -0.3 is 10.9 Å². The van der Waals surface area contributed by atoms with E-state index in [1.165, 1.54) is 0 Å². The molecule has 0 radical (unpaired) electrons. The number of hydrogen-bond donors (Lipinski definition) is 3. The van der Waals surface area contributed by atoms with Crippen molar-refractivity contribution in [3.63, 3.8) is 0 Å². The van der Waals surface area contributed by atoms with Crippen LogP contribution in [0, 0.1) is 10.8 Å². The molecule has 13 heavy (non-hydrogen) atoms. The standard InChI is InChI=1S/C10H22N2O/c1-9(2)4-8(11)5-10(3,6-9)7-12-13/h8,12-13H,4-7,11H2,1-3H3. The molecule has 0 aliphatic heterocycles. The van der Waals surface area contributed by atoms with Crippen LogP contribution in [0.4, 0.5) is 0 Å². The van der Waals surface area contributed by atoms with Gasteiger partial charge in [-0.3, -0.25) is 0 Å². The maximum atomic E-state index is 8.75. The molecule has 4 N–H and O–H groups in total. The first-order valence-corrected chi connectivity index (χ1v) is 4.99. The Morgan fingerprint density at radius 2 is 2.00 bits per heavy atom. The van der Waals surface area contributed by atoms with E-state index in [0.29, 0.717) is 12.0 Å². The molecule has 0 spiro atoms. The lowest BCUT2D eigenvalue weighted by Crippen LogP contribution is -2.46. The molecule has 0 bridgehead atoms. The van der Waals surface area contributed by atoms with Crippen LogP contribution in [0.3, 0.4) is 0 Å². The third kappa shape index (κ3) is 2.93. The highest BCUT2D eigenvalue weighted by Gasteiger charge is 2.39. The van der Waals surface area contributed by atoms with Crippen LogP contribution < -0.4 is 11.2 Å². The molecule has 0 saturated heterocycles. The van der Waals surface area contributed by atoms with E-state index in [1.54, 1.807) is 0 Å². The zero-order chi connectivity index (χ0) is 10.1. The van der Waals surface area contributed by atoms with Gasteiger partial charge in [0.25, 0.3) is 0 Å². The summed E-state index contributed by atoms with van der Waals surface area (Å²) >= 11 is 0. The van der Waals surface area contributed by atoms with E-state index in [2.05, 4.69) is 26.3 Å². The van der Waals surface area contributed by atoms with E-state index >= 15 is 0 Å². The molecule has 0 aromatic carbocycles. The van der Waals surface area contributed by atoms with Gasteiger partial charge in [0, 0.05) is 12.6 Å². The van der Waals surface area contributed by atoms with Crippen LogP contribution in [0.2, 0.25) is 0 Å². The van der Waals surface area contributed by atoms with Crippen molar-refractivity contribution in [1.29, 1.82) is 0 Å². The minimum atomic E-state index is 0.149. The van der Waals surface area contributed by atoms with Gasteiger partial charge in [-0.15, -0.1) is 0 Å². The molecule has 1 aliphatic carbocycles. The predicted molar refractivity (Wildman–Crippen MR) is 53.5 cm³/mol. The summed E-state index contributed by atoms with van der Waals surface area (Å²) in [5, 5.41) is 8.75. The van der Waals surface area contributed by atoms with Crippen LogP contribution >= 0.6 is 0 Å². The fourth-order valence-electron chi connectivity index (χ4n) is 3.04. The molecular weight excluding hydrogens is 164 g/mol. The third-order valence-corrected chi connectivity index (χ3v) is 2.98. The third-order valence-electron chi connectivity index (χ3n) is 2.98. The van der Waals surface area contributed by atoms with Crippen molar-refractivity contribution in [3.05, 3.63) is 0 Å². The first-order valence-electron chi connectivity index (χ1n) is 4.99. The first kappa shape index (κ1) is 11.0. The van der Waals surface area contributed by atoms with Crippen LogP contribution in [0.15, 0.2) is 0 Å². The average molecular weight is 186 g/mol. The topological polar surface area (TPSA) is 58.3 Å². The lowest BCUT2D eigenvalue weighted by molar-refractivity contribution is 0.0411. The number of nitrogens with one attached hydrogen (secondary N) is 1. The van der Waals surface area contributed by atoms with E-state index in [0.717, 1.165) is 19.3 Å². The Morgan fingerprint density at radius 1 is 1.38 bits per heavy atom. The van der Waals surface area contributed by atoms with Crippen molar-refractivity contribution in [1.82, 2.24) is 5.48 Å². The van der Waals surface area contributed by atoms with E-state index in [9.17, 15) is 0 Å². The van der Waals surface area contributed by atoms with Crippen molar-refractivity contribution in [2.24, 2.45) is 16.6 Å². The number of hydrogen-bond acceptors (Lipinski definition) is 3. The normalized spacial score (nSPS) is 39.0. The summed E-state index contributed by atoms with van der Waals surface area (Å²) in [5.41, 5.74) is 8.75. The van der Waals surface area contributed by atoms with Gasteiger partial charge in [0.1, 0.15) is 0 Å². The monoisotopic (exact) mass is 186 g/mol. The first-order chi connectivity index (χ1) is 5.87. The zero-order valence-electron chi connectivity index (χ0n) is 8.93. The van der Waals surface area contributed by atoms with Crippen LogP contribution in [0.1, 0.15) is 40.0 Å². The second-order valence-corrected chi connectivity index (χ2v) is 5.65. The van der Waals surface area contributed by atoms with Gasteiger partial charge in [-0.1, -0.05) is 20.8 Å². The summed E-state index contributed by atoms with van der Waals surface area (Å²) in [4.78, 5) is 0. The molecule has 0 heterocycles. The molecule has 2 unspecified atom stereocenters. The summed E-state index contributed by atoms with van der Waals surface area (Å²) in [7, 11) is 0. The van der Waals surface area contributed by atoms with Gasteiger partial charge in [-0.2, -0.15) is 0 Å². The molecule has 1 saturated carbocycles. The van der Waals surface area contributed by atoms with Gasteiger partial charge in [-0.05, 0) is 30.1 Å². The highest BCUT2D eigenvalue weighted by atomic mass is 16.5. The molecule has 1 fully saturated rings. The van der Waals surface area contributed by atoms with Gasteiger partial charge in [0.15, 0.2) is 0 Å². The minimum Gasteiger partial charge on any atom is -0.328 e. The second-order valence-electron chi connectivity index (χ2n) is 5.65. The maximum absolute atomic E-state index is 8.75. The van der Waals surface area contributed by atoms with E-state index in [4.69, 9.17) is 10.9 Å². The SMILES string of the molecule is CC1(C)CC(N)CC(C)(CNO)C1. The Hall–Kier alpha value is -0.120. The maximum Gasteiger partial charge on any atom is 0.0262 e. The molecule has 3 nitrogen and oxygen atoms in total. The smallest absolute Gasteiger partial charge is 0.0262 e. The molecule has 0 aromatic rings. The van der Waals surface area contributed by atoms with Crippen LogP contribution in [-0.2, 0) is 0 Å². The molecular formula is C10H22N2O. The average Bonchev–Trinajstić information content (AvgIpc) is 1.78. The quantitative estimate of drug-likeness (QED) is 0.573. The van der Waals surface area contributed by atoms with Crippen molar-refractivity contribution in [3.8, 4) is 0 Å². The van der Waals surface area contributed by atoms with E-state index in [1.807, 2.05) is 0 Å². The van der Waals surface area contributed by atoms with Gasteiger partial charge >= 0.3 is 0 Å².